The van der Waals surface area contributed by atoms with Crippen LogP contribution in [0.25, 0.3) is 0 Å². The van der Waals surface area contributed by atoms with Gasteiger partial charge in [0.05, 0.1) is 0 Å². The number of rotatable bonds is 9. The molecule has 0 heterocycles. The van der Waals surface area contributed by atoms with Crippen molar-refractivity contribution in [3.8, 4) is 0 Å². The second-order valence-corrected chi connectivity index (χ2v) is 4.53. The summed E-state index contributed by atoms with van der Waals surface area (Å²) in [6, 6.07) is 0.181. The number of carboxylic acids is 1. The molecule has 1 atom stereocenters. The summed E-state index contributed by atoms with van der Waals surface area (Å²) < 4.78 is 0. The zero-order valence-electron chi connectivity index (χ0n) is 9.67. The molecule has 0 spiro atoms. The Morgan fingerprint density at radius 1 is 1.33 bits per heavy atom. The minimum absolute atomic E-state index is 0.306. The van der Waals surface area contributed by atoms with Gasteiger partial charge in [0, 0.05) is 6.04 Å². The van der Waals surface area contributed by atoms with E-state index in [1.807, 2.05) is 0 Å². The van der Waals surface area contributed by atoms with Crippen LogP contribution >= 0.6 is 0 Å². The molecule has 3 nitrogen and oxygen atoms in total. The zero-order chi connectivity index (χ0) is 11.1. The van der Waals surface area contributed by atoms with Gasteiger partial charge in [0.15, 0.2) is 0 Å². The van der Waals surface area contributed by atoms with Gasteiger partial charge in [-0.3, -0.25) is 4.79 Å². The van der Waals surface area contributed by atoms with Gasteiger partial charge in [-0.25, -0.2) is 0 Å². The fourth-order valence-corrected chi connectivity index (χ4v) is 1.76. The van der Waals surface area contributed by atoms with Gasteiger partial charge in [0.25, 0.3) is 0 Å². The molecule has 0 aromatic rings. The Hall–Kier alpha value is -0.570. The van der Waals surface area contributed by atoms with Gasteiger partial charge >= 0.3 is 5.97 Å². The highest BCUT2D eigenvalue weighted by Gasteiger charge is 2.27. The molecular weight excluding hydrogens is 190 g/mol. The van der Waals surface area contributed by atoms with E-state index >= 15 is 0 Å². The van der Waals surface area contributed by atoms with Crippen LogP contribution in [0.2, 0.25) is 0 Å². The zero-order valence-corrected chi connectivity index (χ0v) is 9.67. The molecule has 1 unspecified atom stereocenters. The fourth-order valence-electron chi connectivity index (χ4n) is 1.76. The molecular formula is C12H23NO2. The maximum atomic E-state index is 10.9. The molecule has 0 amide bonds. The molecule has 88 valence electrons. The van der Waals surface area contributed by atoms with E-state index < -0.39 is 5.97 Å². The first-order valence-electron chi connectivity index (χ1n) is 6.23. The number of nitrogens with one attached hydrogen (secondary N) is 1. The molecule has 0 bridgehead atoms. The Bertz CT molecular complexity index is 190. The predicted octanol–water partition coefficient (Wildman–Crippen LogP) is 2.55. The minimum Gasteiger partial charge on any atom is -0.480 e. The first-order valence-corrected chi connectivity index (χ1v) is 6.23. The number of carbonyl (C=O) groups is 1. The maximum Gasteiger partial charge on any atom is 0.320 e. The van der Waals surface area contributed by atoms with Crippen LogP contribution in [0.15, 0.2) is 0 Å². The molecule has 15 heavy (non-hydrogen) atoms. The van der Waals surface area contributed by atoms with Gasteiger partial charge < -0.3 is 10.4 Å². The number of hydrogen-bond donors (Lipinski definition) is 2. The first kappa shape index (κ1) is 12.5. The van der Waals surface area contributed by atoms with Gasteiger partial charge in [-0.1, -0.05) is 39.0 Å². The van der Waals surface area contributed by atoms with E-state index in [4.69, 9.17) is 5.11 Å². The molecule has 2 N–H and O–H groups in total. The number of aliphatic carboxylic acids is 1. The largest absolute Gasteiger partial charge is 0.480 e. The summed E-state index contributed by atoms with van der Waals surface area (Å²) in [5, 5.41) is 12.2. The van der Waals surface area contributed by atoms with Crippen LogP contribution < -0.4 is 5.32 Å². The van der Waals surface area contributed by atoms with Crippen LogP contribution in [-0.2, 0) is 4.79 Å². The quantitative estimate of drug-likeness (QED) is 0.579. The summed E-state index contributed by atoms with van der Waals surface area (Å²) in [5.41, 5.74) is 0. The van der Waals surface area contributed by atoms with Gasteiger partial charge in [-0.05, 0) is 19.3 Å². The first-order chi connectivity index (χ1) is 7.24. The third-order valence-electron chi connectivity index (χ3n) is 2.91. The number of hydrogen-bond acceptors (Lipinski definition) is 2. The molecule has 0 aliphatic heterocycles. The average Bonchev–Trinajstić information content (AvgIpc) is 2.99. The second kappa shape index (κ2) is 6.83. The predicted molar refractivity (Wildman–Crippen MR) is 61.0 cm³/mol. The third-order valence-corrected chi connectivity index (χ3v) is 2.91. The fraction of sp³-hybridized carbons (Fsp3) is 0.917. The van der Waals surface area contributed by atoms with Crippen LogP contribution in [0.3, 0.4) is 0 Å². The molecule has 1 fully saturated rings. The van der Waals surface area contributed by atoms with Crippen LogP contribution in [0.5, 0.6) is 0 Å². The van der Waals surface area contributed by atoms with Crippen molar-refractivity contribution in [1.82, 2.24) is 5.32 Å². The minimum atomic E-state index is -0.683. The molecule has 0 saturated heterocycles. The molecule has 1 aliphatic rings. The van der Waals surface area contributed by atoms with E-state index in [0.29, 0.717) is 6.04 Å². The lowest BCUT2D eigenvalue weighted by molar-refractivity contribution is -0.139. The van der Waals surface area contributed by atoms with Crippen molar-refractivity contribution < 1.29 is 9.90 Å². The van der Waals surface area contributed by atoms with E-state index in [0.717, 1.165) is 25.7 Å². The van der Waals surface area contributed by atoms with E-state index in [9.17, 15) is 4.79 Å². The Morgan fingerprint density at radius 3 is 2.53 bits per heavy atom. The Kier molecular flexibility index (Phi) is 5.69. The second-order valence-electron chi connectivity index (χ2n) is 4.53. The van der Waals surface area contributed by atoms with Gasteiger partial charge in [0.2, 0.25) is 0 Å². The van der Waals surface area contributed by atoms with Crippen molar-refractivity contribution in [2.24, 2.45) is 0 Å². The molecule has 0 aromatic carbocycles. The van der Waals surface area contributed by atoms with E-state index in [-0.39, 0.29) is 6.04 Å². The normalized spacial score (nSPS) is 17.7. The lowest BCUT2D eigenvalue weighted by Gasteiger charge is -2.13. The molecule has 1 rings (SSSR count). The summed E-state index contributed by atoms with van der Waals surface area (Å²) >= 11 is 0. The Labute approximate surface area is 92.3 Å². The van der Waals surface area contributed by atoms with Crippen molar-refractivity contribution >= 4 is 5.97 Å². The topological polar surface area (TPSA) is 49.3 Å². The molecule has 0 aromatic heterocycles. The average molecular weight is 213 g/mol. The van der Waals surface area contributed by atoms with Crippen molar-refractivity contribution in [3.05, 3.63) is 0 Å². The van der Waals surface area contributed by atoms with Crippen molar-refractivity contribution in [1.29, 1.82) is 0 Å². The summed E-state index contributed by atoms with van der Waals surface area (Å²) in [6.45, 7) is 2.19. The van der Waals surface area contributed by atoms with Crippen LogP contribution in [0.4, 0.5) is 0 Å². The summed E-state index contributed by atoms with van der Waals surface area (Å²) in [5.74, 6) is -0.683. The third kappa shape index (κ3) is 5.78. The lowest BCUT2D eigenvalue weighted by atomic mass is 10.1. The van der Waals surface area contributed by atoms with E-state index in [2.05, 4.69) is 12.2 Å². The number of unbranched alkanes of at least 4 members (excludes halogenated alkanes) is 4. The van der Waals surface area contributed by atoms with Crippen LogP contribution in [-0.4, -0.2) is 23.2 Å². The monoisotopic (exact) mass is 213 g/mol. The molecule has 1 aliphatic carbocycles. The molecule has 1 saturated carbocycles. The van der Waals surface area contributed by atoms with Crippen molar-refractivity contribution in [3.63, 3.8) is 0 Å². The maximum absolute atomic E-state index is 10.9. The highest BCUT2D eigenvalue weighted by molar-refractivity contribution is 5.73. The van der Waals surface area contributed by atoms with E-state index in [1.54, 1.807) is 0 Å². The van der Waals surface area contributed by atoms with Gasteiger partial charge in [-0.2, -0.15) is 0 Å². The number of carboxylic acid groups (broad SMARTS) is 1. The van der Waals surface area contributed by atoms with Gasteiger partial charge in [-0.15, -0.1) is 0 Å². The molecule has 0 radical (unpaired) electrons. The van der Waals surface area contributed by atoms with Crippen molar-refractivity contribution in [2.45, 2.75) is 70.4 Å². The lowest BCUT2D eigenvalue weighted by Crippen LogP contribution is -2.37. The summed E-state index contributed by atoms with van der Waals surface area (Å²) in [4.78, 5) is 10.9. The van der Waals surface area contributed by atoms with Crippen LogP contribution in [0, 0.1) is 0 Å². The summed E-state index contributed by atoms with van der Waals surface area (Å²) in [7, 11) is 0. The highest BCUT2D eigenvalue weighted by atomic mass is 16.4. The smallest absolute Gasteiger partial charge is 0.320 e. The molecule has 3 heteroatoms. The van der Waals surface area contributed by atoms with Crippen molar-refractivity contribution in [2.75, 3.05) is 0 Å². The van der Waals surface area contributed by atoms with Crippen LogP contribution in [0.1, 0.15) is 58.3 Å². The highest BCUT2D eigenvalue weighted by Crippen LogP contribution is 2.20. The summed E-state index contributed by atoms with van der Waals surface area (Å²) in [6.07, 6.45) is 9.05. The van der Waals surface area contributed by atoms with E-state index in [1.165, 1.54) is 25.7 Å². The Balaban J connectivity index is 2.05. The SMILES string of the molecule is CCCCCCCC(NC1CC1)C(=O)O. The van der Waals surface area contributed by atoms with Gasteiger partial charge in [0.1, 0.15) is 6.04 Å². The standard InChI is InChI=1S/C12H23NO2/c1-2-3-4-5-6-7-11(12(14)15)13-10-8-9-10/h10-11,13H,2-9H2,1H3,(H,14,15). The Morgan fingerprint density at radius 2 is 2.00 bits per heavy atom.